The molecule has 0 aromatic carbocycles. The minimum atomic E-state index is -0.302. The summed E-state index contributed by atoms with van der Waals surface area (Å²) in [7, 11) is 0. The Hall–Kier alpha value is -0.200. The Morgan fingerprint density at radius 1 is 0.920 bits per heavy atom. The van der Waals surface area contributed by atoms with Crippen LogP contribution in [0.5, 0.6) is 0 Å². The molecular weight excluding hydrogens is 314 g/mol. The largest absolute Gasteiger partial charge is 0.391 e. The van der Waals surface area contributed by atoms with Gasteiger partial charge in [0.05, 0.1) is 18.2 Å². The maximum Gasteiger partial charge on any atom is 0.0748 e. The van der Waals surface area contributed by atoms with Crippen molar-refractivity contribution in [2.45, 2.75) is 121 Å². The Balaban J connectivity index is 1.31. The molecule has 1 aliphatic heterocycles. The van der Waals surface area contributed by atoms with Gasteiger partial charge in [0.2, 0.25) is 0 Å². The van der Waals surface area contributed by atoms with Gasteiger partial charge >= 0.3 is 0 Å². The minimum absolute atomic E-state index is 0.180. The second-order valence-corrected chi connectivity index (χ2v) is 8.33. The van der Waals surface area contributed by atoms with Crippen LogP contribution in [0.15, 0.2) is 0 Å². The summed E-state index contributed by atoms with van der Waals surface area (Å²) in [6.07, 6.45) is 15.7. The second kappa shape index (κ2) is 10.2. The molecule has 0 aromatic rings. The highest BCUT2D eigenvalue weighted by molar-refractivity contribution is 4.94. The minimum Gasteiger partial charge on any atom is -0.391 e. The summed E-state index contributed by atoms with van der Waals surface area (Å²) in [6, 6.07) is 1.30. The zero-order valence-corrected chi connectivity index (χ0v) is 16.1. The van der Waals surface area contributed by atoms with E-state index in [9.17, 15) is 5.11 Å². The van der Waals surface area contributed by atoms with Gasteiger partial charge in [0.25, 0.3) is 0 Å². The Labute approximate surface area is 153 Å². The molecule has 3 aliphatic rings. The number of hydrazine groups is 2. The van der Waals surface area contributed by atoms with Gasteiger partial charge in [-0.25, -0.2) is 10.9 Å². The highest BCUT2D eigenvalue weighted by Crippen LogP contribution is 2.29. The normalized spacial score (nSPS) is 36.5. The molecule has 5 unspecified atom stereocenters. The van der Waals surface area contributed by atoms with Crippen LogP contribution in [-0.4, -0.2) is 47.2 Å². The van der Waals surface area contributed by atoms with E-state index in [1.807, 2.05) is 0 Å². The molecule has 5 heteroatoms. The first kappa shape index (κ1) is 19.6. The summed E-state index contributed by atoms with van der Waals surface area (Å²) in [5.41, 5.74) is 7.21. The predicted octanol–water partition coefficient (Wildman–Crippen LogP) is 3.28. The van der Waals surface area contributed by atoms with Crippen LogP contribution in [0.3, 0.4) is 0 Å². The molecule has 1 saturated heterocycles. The molecule has 0 aromatic heterocycles. The molecule has 3 fully saturated rings. The first-order chi connectivity index (χ1) is 12.3. The van der Waals surface area contributed by atoms with E-state index in [1.165, 1.54) is 64.2 Å². The highest BCUT2D eigenvalue weighted by atomic mass is 16.5. The Morgan fingerprint density at radius 3 is 2.28 bits per heavy atom. The third-order valence-corrected chi connectivity index (χ3v) is 6.29. The molecule has 3 rings (SSSR count). The molecule has 0 amide bonds. The number of fused-ring (bicyclic) bond motifs is 1. The number of aliphatic hydroxyl groups excluding tert-OH is 1. The molecule has 3 N–H and O–H groups in total. The molecule has 5 atom stereocenters. The van der Waals surface area contributed by atoms with Crippen molar-refractivity contribution in [3.05, 3.63) is 0 Å². The van der Waals surface area contributed by atoms with Crippen LogP contribution in [0, 0.1) is 0 Å². The molecule has 146 valence electrons. The third kappa shape index (κ3) is 5.64. The molecule has 0 radical (unpaired) electrons. The fourth-order valence-corrected chi connectivity index (χ4v) is 4.70. The molecular formula is C20H39N3O2. The Morgan fingerprint density at radius 2 is 1.60 bits per heavy atom. The van der Waals surface area contributed by atoms with Crippen LogP contribution >= 0.6 is 0 Å². The fourth-order valence-electron chi connectivity index (χ4n) is 4.70. The SMILES string of the molecule is CCCCCCCCOC1CCC(N2NC3CCCCC3N2)C(O)C1. The van der Waals surface area contributed by atoms with Crippen LogP contribution in [0.25, 0.3) is 0 Å². The summed E-state index contributed by atoms with van der Waals surface area (Å²) < 4.78 is 6.05. The zero-order valence-electron chi connectivity index (χ0n) is 16.1. The number of rotatable bonds is 9. The van der Waals surface area contributed by atoms with Crippen molar-refractivity contribution in [2.75, 3.05) is 6.61 Å². The first-order valence-corrected chi connectivity index (χ1v) is 10.9. The standard InChI is InChI=1S/C20H39N3O2/c1-2-3-4-5-6-9-14-25-16-12-13-19(20(24)15-16)23-21-17-10-7-8-11-18(17)22-23/h16-22,24H,2-15H2,1H3. The number of unbranched alkanes of at least 4 members (excludes halogenated alkanes) is 5. The lowest BCUT2D eigenvalue weighted by Gasteiger charge is -2.38. The molecule has 2 saturated carbocycles. The molecule has 25 heavy (non-hydrogen) atoms. The number of nitrogens with zero attached hydrogens (tertiary/aromatic N) is 1. The summed E-state index contributed by atoms with van der Waals surface area (Å²) in [6.45, 7) is 3.12. The van der Waals surface area contributed by atoms with Crippen molar-refractivity contribution >= 4 is 0 Å². The van der Waals surface area contributed by atoms with Crippen LogP contribution in [-0.2, 0) is 4.74 Å². The average Bonchev–Trinajstić information content (AvgIpc) is 3.05. The van der Waals surface area contributed by atoms with E-state index in [1.54, 1.807) is 0 Å². The molecule has 0 bridgehead atoms. The number of aliphatic hydroxyl groups is 1. The summed E-state index contributed by atoms with van der Waals surface area (Å²) in [5, 5.41) is 12.8. The number of hydrogen-bond donors (Lipinski definition) is 3. The predicted molar refractivity (Wildman–Crippen MR) is 101 cm³/mol. The summed E-state index contributed by atoms with van der Waals surface area (Å²) in [5.74, 6) is 0. The Kier molecular flexibility index (Phi) is 7.99. The van der Waals surface area contributed by atoms with Gasteiger partial charge in [-0.3, -0.25) is 0 Å². The topological polar surface area (TPSA) is 56.8 Å². The van der Waals surface area contributed by atoms with Crippen molar-refractivity contribution in [1.82, 2.24) is 16.0 Å². The van der Waals surface area contributed by atoms with Gasteiger partial charge in [-0.15, -0.1) is 0 Å². The van der Waals surface area contributed by atoms with Crippen LogP contribution in [0.4, 0.5) is 0 Å². The smallest absolute Gasteiger partial charge is 0.0748 e. The van der Waals surface area contributed by atoms with E-state index in [2.05, 4.69) is 22.9 Å². The zero-order chi connectivity index (χ0) is 17.5. The van der Waals surface area contributed by atoms with E-state index in [0.717, 1.165) is 25.9 Å². The third-order valence-electron chi connectivity index (χ3n) is 6.29. The van der Waals surface area contributed by atoms with Gasteiger partial charge in [-0.1, -0.05) is 51.9 Å². The maximum absolute atomic E-state index is 10.6. The maximum atomic E-state index is 10.6. The van der Waals surface area contributed by atoms with Gasteiger partial charge in [0, 0.05) is 25.1 Å². The lowest BCUT2D eigenvalue weighted by atomic mass is 9.90. The number of ether oxygens (including phenoxy) is 1. The van der Waals surface area contributed by atoms with Crippen molar-refractivity contribution < 1.29 is 9.84 Å². The van der Waals surface area contributed by atoms with E-state index in [0.29, 0.717) is 12.1 Å². The number of nitrogens with one attached hydrogen (secondary N) is 2. The first-order valence-electron chi connectivity index (χ1n) is 10.9. The van der Waals surface area contributed by atoms with Crippen molar-refractivity contribution in [2.24, 2.45) is 0 Å². The average molecular weight is 354 g/mol. The van der Waals surface area contributed by atoms with Crippen LogP contribution < -0.4 is 10.9 Å². The van der Waals surface area contributed by atoms with Crippen LogP contribution in [0.2, 0.25) is 0 Å². The van der Waals surface area contributed by atoms with E-state index in [-0.39, 0.29) is 18.2 Å². The van der Waals surface area contributed by atoms with Crippen molar-refractivity contribution in [3.63, 3.8) is 0 Å². The molecule has 1 heterocycles. The van der Waals surface area contributed by atoms with Gasteiger partial charge in [-0.2, -0.15) is 5.12 Å². The number of hydrogen-bond acceptors (Lipinski definition) is 5. The van der Waals surface area contributed by atoms with Gasteiger partial charge in [0.15, 0.2) is 0 Å². The summed E-state index contributed by atoms with van der Waals surface area (Å²) >= 11 is 0. The highest BCUT2D eigenvalue weighted by Gasteiger charge is 2.41. The molecule has 0 spiro atoms. The lowest BCUT2D eigenvalue weighted by Crippen LogP contribution is -2.55. The van der Waals surface area contributed by atoms with Gasteiger partial charge in [-0.05, 0) is 32.1 Å². The summed E-state index contributed by atoms with van der Waals surface area (Å²) in [4.78, 5) is 0. The quantitative estimate of drug-likeness (QED) is 0.555. The van der Waals surface area contributed by atoms with Crippen molar-refractivity contribution in [3.8, 4) is 0 Å². The second-order valence-electron chi connectivity index (χ2n) is 8.33. The van der Waals surface area contributed by atoms with Crippen molar-refractivity contribution in [1.29, 1.82) is 0 Å². The van der Waals surface area contributed by atoms with E-state index >= 15 is 0 Å². The monoisotopic (exact) mass is 353 g/mol. The molecule has 5 nitrogen and oxygen atoms in total. The molecule has 2 aliphatic carbocycles. The fraction of sp³-hybridized carbons (Fsp3) is 1.00. The van der Waals surface area contributed by atoms with Gasteiger partial charge < -0.3 is 9.84 Å². The lowest BCUT2D eigenvalue weighted by molar-refractivity contribution is -0.0741. The van der Waals surface area contributed by atoms with E-state index in [4.69, 9.17) is 4.74 Å². The Bertz CT molecular complexity index is 368. The van der Waals surface area contributed by atoms with Crippen LogP contribution in [0.1, 0.15) is 90.4 Å². The van der Waals surface area contributed by atoms with E-state index < -0.39 is 0 Å². The van der Waals surface area contributed by atoms with Gasteiger partial charge in [0.1, 0.15) is 0 Å².